The van der Waals surface area contributed by atoms with Gasteiger partial charge in [-0.3, -0.25) is 0 Å². The highest BCUT2D eigenvalue weighted by molar-refractivity contribution is 8.14. The van der Waals surface area contributed by atoms with Crippen LogP contribution >= 0.6 is 11.8 Å². The Kier molecular flexibility index (Phi) is 3.67. The molecule has 1 aliphatic heterocycles. The second-order valence-electron chi connectivity index (χ2n) is 5.02. The van der Waals surface area contributed by atoms with E-state index in [1.54, 1.807) is 13.8 Å². The van der Waals surface area contributed by atoms with E-state index in [0.717, 1.165) is 7.05 Å². The van der Waals surface area contributed by atoms with Crippen LogP contribution in [0.2, 0.25) is 0 Å². The molecule has 118 valence electrons. The second kappa shape index (κ2) is 4.82. The Morgan fingerprint density at radius 2 is 1.71 bits per heavy atom. The summed E-state index contributed by atoms with van der Waals surface area (Å²) in [4.78, 5) is 5.37. The first-order chi connectivity index (χ1) is 9.41. The zero-order valence-corrected chi connectivity index (χ0v) is 12.0. The average molecular weight is 330 g/mol. The van der Waals surface area contributed by atoms with Crippen molar-refractivity contribution < 1.29 is 26.8 Å². The van der Waals surface area contributed by atoms with E-state index in [4.69, 9.17) is 4.84 Å². The van der Waals surface area contributed by atoms with Gasteiger partial charge in [0.2, 0.25) is 0 Å². The molecule has 0 saturated carbocycles. The van der Waals surface area contributed by atoms with Crippen LogP contribution in [-0.4, -0.2) is 25.6 Å². The molecule has 21 heavy (non-hydrogen) atoms. The van der Waals surface area contributed by atoms with Crippen molar-refractivity contribution in [2.24, 2.45) is 12.2 Å². The third kappa shape index (κ3) is 3.44. The minimum absolute atomic E-state index is 0.0782. The highest BCUT2D eigenvalue weighted by Crippen LogP contribution is 2.46. The number of hydrogen-bond acceptors (Lipinski definition) is 5. The molecule has 0 spiro atoms. The summed E-state index contributed by atoms with van der Waals surface area (Å²) in [7, 11) is 1.04. The van der Waals surface area contributed by atoms with Crippen molar-refractivity contribution in [1.82, 2.24) is 15.0 Å². The van der Waals surface area contributed by atoms with Crippen molar-refractivity contribution in [3.05, 3.63) is 11.4 Å². The topological polar surface area (TPSA) is 52.3 Å². The van der Waals surface area contributed by atoms with Gasteiger partial charge in [-0.1, -0.05) is 5.16 Å². The van der Waals surface area contributed by atoms with Crippen molar-refractivity contribution in [1.29, 1.82) is 0 Å². The van der Waals surface area contributed by atoms with Crippen LogP contribution in [0.1, 0.15) is 31.7 Å². The summed E-state index contributed by atoms with van der Waals surface area (Å²) < 4.78 is 66.3. The first kappa shape index (κ1) is 16.0. The molecule has 5 nitrogen and oxygen atoms in total. The number of thioether (sulfide) groups is 1. The number of aryl methyl sites for hydroxylation is 1. The molecule has 0 aromatic carbocycles. The quantitative estimate of drug-likeness (QED) is 0.782. The molecule has 1 aromatic rings. The average Bonchev–Trinajstić information content (AvgIpc) is 2.81. The van der Waals surface area contributed by atoms with Gasteiger partial charge in [0, 0.05) is 13.5 Å². The van der Waals surface area contributed by atoms with E-state index in [9.17, 15) is 22.0 Å². The van der Waals surface area contributed by atoms with Gasteiger partial charge >= 0.3 is 11.4 Å². The predicted molar refractivity (Wildman–Crippen MR) is 64.7 cm³/mol. The summed E-state index contributed by atoms with van der Waals surface area (Å²) in [6.07, 6.45) is -4.93. The zero-order valence-electron chi connectivity index (χ0n) is 11.2. The summed E-state index contributed by atoms with van der Waals surface area (Å²) in [5.41, 5.74) is -3.90. The lowest BCUT2D eigenvalue weighted by Gasteiger charge is -2.16. The molecule has 1 aromatic heterocycles. The van der Waals surface area contributed by atoms with Gasteiger partial charge in [0.25, 0.3) is 0 Å². The van der Waals surface area contributed by atoms with Crippen LogP contribution in [0.25, 0.3) is 0 Å². The van der Waals surface area contributed by atoms with Gasteiger partial charge in [0.15, 0.2) is 11.4 Å². The van der Waals surface area contributed by atoms with Gasteiger partial charge in [0.1, 0.15) is 10.6 Å². The molecule has 2 heterocycles. The van der Waals surface area contributed by atoms with Gasteiger partial charge in [-0.25, -0.2) is 0 Å². The van der Waals surface area contributed by atoms with E-state index < -0.39 is 28.4 Å². The number of rotatable bonds is 2. The molecule has 0 saturated heterocycles. The molecule has 2 rings (SSSR count). The van der Waals surface area contributed by atoms with Crippen molar-refractivity contribution in [3.63, 3.8) is 0 Å². The smallest absolute Gasteiger partial charge is 0.389 e. The maximum Gasteiger partial charge on any atom is 0.437 e. The summed E-state index contributed by atoms with van der Waals surface area (Å²) in [5, 5.41) is 5.57. The van der Waals surface area contributed by atoms with E-state index >= 15 is 0 Å². The summed E-state index contributed by atoms with van der Waals surface area (Å²) in [6, 6.07) is 0. The van der Waals surface area contributed by atoms with E-state index in [0.29, 0.717) is 4.80 Å². The third-order valence-corrected chi connectivity index (χ3v) is 3.38. The lowest BCUT2D eigenvalue weighted by molar-refractivity contribution is -0.143. The van der Waals surface area contributed by atoms with Crippen LogP contribution in [0.5, 0.6) is 0 Å². The number of alkyl halides is 5. The Morgan fingerprint density at radius 3 is 2.19 bits per heavy atom. The van der Waals surface area contributed by atoms with Gasteiger partial charge in [-0.15, -0.1) is 5.10 Å². The highest BCUT2D eigenvalue weighted by Gasteiger charge is 2.49. The van der Waals surface area contributed by atoms with Crippen molar-refractivity contribution in [3.8, 4) is 0 Å². The first-order valence-corrected chi connectivity index (χ1v) is 6.53. The minimum atomic E-state index is -5.01. The van der Waals surface area contributed by atoms with Crippen molar-refractivity contribution in [2.45, 2.75) is 37.3 Å². The standard InChI is InChI=1S/C10H11F5N4OS/c1-8(2)4-5(18-20-8)21-10(14,15)7-6(9(11,12)13)16-19(3)17-7/h4H2,1-3H3. The van der Waals surface area contributed by atoms with Crippen LogP contribution in [0.4, 0.5) is 22.0 Å². The molecule has 0 fully saturated rings. The Bertz CT molecular complexity index is 580. The first-order valence-electron chi connectivity index (χ1n) is 5.71. The van der Waals surface area contributed by atoms with E-state index in [1.807, 2.05) is 0 Å². The number of nitrogens with zero attached hydrogens (tertiary/aromatic N) is 4. The third-order valence-electron chi connectivity index (χ3n) is 2.48. The molecule has 0 aliphatic carbocycles. The Hall–Kier alpha value is -1.39. The molecule has 0 atom stereocenters. The summed E-state index contributed by atoms with van der Waals surface area (Å²) in [6.45, 7) is 3.26. The molecular formula is C10H11F5N4OS. The number of oxime groups is 1. The molecule has 0 radical (unpaired) electrons. The van der Waals surface area contributed by atoms with E-state index in [-0.39, 0.29) is 23.2 Å². The maximum atomic E-state index is 14.1. The molecule has 0 unspecified atom stereocenters. The lowest BCUT2D eigenvalue weighted by Crippen LogP contribution is -2.21. The Balaban J connectivity index is 2.28. The fourth-order valence-corrected chi connectivity index (χ4v) is 2.67. The van der Waals surface area contributed by atoms with E-state index in [1.165, 1.54) is 0 Å². The lowest BCUT2D eigenvalue weighted by atomic mass is 10.1. The van der Waals surface area contributed by atoms with Crippen LogP contribution < -0.4 is 0 Å². The van der Waals surface area contributed by atoms with Crippen molar-refractivity contribution in [2.75, 3.05) is 0 Å². The largest absolute Gasteiger partial charge is 0.437 e. The van der Waals surface area contributed by atoms with Crippen LogP contribution in [0, 0.1) is 0 Å². The molecular weight excluding hydrogens is 319 g/mol. The number of aromatic nitrogens is 3. The predicted octanol–water partition coefficient (Wildman–Crippen LogP) is 3.13. The molecule has 0 N–H and O–H groups in total. The molecule has 1 aliphatic rings. The van der Waals surface area contributed by atoms with Crippen molar-refractivity contribution >= 4 is 16.8 Å². The second-order valence-corrected chi connectivity index (χ2v) is 6.20. The fourth-order valence-electron chi connectivity index (χ4n) is 1.65. The van der Waals surface area contributed by atoms with Crippen LogP contribution in [-0.2, 0) is 23.3 Å². The van der Waals surface area contributed by atoms with Gasteiger partial charge in [-0.05, 0) is 25.6 Å². The molecule has 0 bridgehead atoms. The monoisotopic (exact) mass is 330 g/mol. The van der Waals surface area contributed by atoms with E-state index in [2.05, 4.69) is 15.4 Å². The Labute approximate surface area is 120 Å². The van der Waals surface area contributed by atoms with Crippen LogP contribution in [0.3, 0.4) is 0 Å². The van der Waals surface area contributed by atoms with Crippen LogP contribution in [0.15, 0.2) is 5.16 Å². The molecule has 0 amide bonds. The highest BCUT2D eigenvalue weighted by atomic mass is 32.2. The maximum absolute atomic E-state index is 14.1. The van der Waals surface area contributed by atoms with Gasteiger partial charge < -0.3 is 4.84 Å². The summed E-state index contributed by atoms with van der Waals surface area (Å²) >= 11 is -0.116. The summed E-state index contributed by atoms with van der Waals surface area (Å²) in [5.74, 6) is 0. The van der Waals surface area contributed by atoms with Gasteiger partial charge in [0.05, 0.1) is 0 Å². The zero-order chi connectivity index (χ0) is 16.1. The fraction of sp³-hybridized carbons (Fsp3) is 0.700. The Morgan fingerprint density at radius 1 is 1.14 bits per heavy atom. The number of halogens is 5. The number of hydrogen-bond donors (Lipinski definition) is 0. The van der Waals surface area contributed by atoms with Gasteiger partial charge in [-0.2, -0.15) is 31.8 Å². The molecule has 11 heteroatoms. The SMILES string of the molecule is Cn1nc(C(F)(F)F)c(C(F)(F)SC2=NOC(C)(C)C2)n1. The minimum Gasteiger partial charge on any atom is -0.389 e. The normalized spacial score (nSPS) is 18.6.